The zero-order valence-electron chi connectivity index (χ0n) is 15.7. The van der Waals surface area contributed by atoms with E-state index in [0.717, 1.165) is 37.6 Å². The van der Waals surface area contributed by atoms with Crippen LogP contribution in [0.1, 0.15) is 29.4 Å². The molecule has 3 aromatic rings. The lowest BCUT2D eigenvalue weighted by Gasteiger charge is -2.23. The molecule has 0 aliphatic rings. The first-order valence-corrected chi connectivity index (χ1v) is 9.25. The lowest BCUT2D eigenvalue weighted by molar-refractivity contribution is 0.678. The van der Waals surface area contributed by atoms with E-state index in [2.05, 4.69) is 88.9 Å². The molecule has 0 aliphatic heterocycles. The summed E-state index contributed by atoms with van der Waals surface area (Å²) in [6.07, 6.45) is 0. The van der Waals surface area contributed by atoms with Gasteiger partial charge in [-0.1, -0.05) is 48.5 Å². The van der Waals surface area contributed by atoms with Crippen LogP contribution in [0.15, 0.2) is 72.8 Å². The molecule has 2 aromatic carbocycles. The highest BCUT2D eigenvalue weighted by Crippen LogP contribution is 2.18. The maximum Gasteiger partial charge on any atom is 0.0544 e. The number of hydrogen-bond donors (Lipinski definition) is 1. The minimum Gasteiger partial charge on any atom is -0.367 e. The largest absolute Gasteiger partial charge is 0.367 e. The Hall–Kier alpha value is -2.65. The number of nitrogens with zero attached hydrogens (tertiary/aromatic N) is 2. The Balaban J connectivity index is 1.55. The van der Waals surface area contributed by atoms with Crippen molar-refractivity contribution in [2.75, 3.05) is 11.4 Å². The van der Waals surface area contributed by atoms with Crippen LogP contribution in [0.2, 0.25) is 0 Å². The van der Waals surface area contributed by atoms with Crippen LogP contribution in [0, 0.1) is 6.92 Å². The van der Waals surface area contributed by atoms with E-state index in [0.29, 0.717) is 0 Å². The van der Waals surface area contributed by atoms with Crippen LogP contribution in [0.4, 0.5) is 5.69 Å². The van der Waals surface area contributed by atoms with E-state index < -0.39 is 0 Å². The van der Waals surface area contributed by atoms with Crippen molar-refractivity contribution in [2.24, 2.45) is 0 Å². The maximum atomic E-state index is 4.52. The summed E-state index contributed by atoms with van der Waals surface area (Å²) in [6, 6.07) is 25.6. The Kier molecular flexibility index (Phi) is 6.39. The lowest BCUT2D eigenvalue weighted by Crippen LogP contribution is -2.22. The minimum atomic E-state index is 0.790. The number of benzene rings is 2. The summed E-state index contributed by atoms with van der Waals surface area (Å²) in [7, 11) is 0. The smallest absolute Gasteiger partial charge is 0.0544 e. The van der Waals surface area contributed by atoms with Gasteiger partial charge in [-0.15, -0.1) is 0 Å². The van der Waals surface area contributed by atoms with E-state index in [1.807, 2.05) is 13.0 Å². The fourth-order valence-corrected chi connectivity index (χ4v) is 3.05. The van der Waals surface area contributed by atoms with E-state index in [9.17, 15) is 0 Å². The molecule has 0 saturated heterocycles. The van der Waals surface area contributed by atoms with Gasteiger partial charge in [0.2, 0.25) is 0 Å². The molecule has 1 aromatic heterocycles. The summed E-state index contributed by atoms with van der Waals surface area (Å²) < 4.78 is 0. The molecule has 0 radical (unpaired) electrons. The molecule has 1 N–H and O–H groups in total. The number of rotatable bonds is 8. The molecule has 3 rings (SSSR count). The van der Waals surface area contributed by atoms with Crippen LogP contribution in [-0.2, 0) is 19.6 Å². The number of hydrogen-bond acceptors (Lipinski definition) is 3. The average Bonchev–Trinajstić information content (AvgIpc) is 2.68. The van der Waals surface area contributed by atoms with Gasteiger partial charge in [-0.05, 0) is 49.2 Å². The second-order valence-electron chi connectivity index (χ2n) is 6.54. The van der Waals surface area contributed by atoms with Crippen molar-refractivity contribution in [1.82, 2.24) is 10.3 Å². The predicted octanol–water partition coefficient (Wildman–Crippen LogP) is 4.71. The van der Waals surface area contributed by atoms with Crippen molar-refractivity contribution >= 4 is 5.69 Å². The molecule has 134 valence electrons. The summed E-state index contributed by atoms with van der Waals surface area (Å²) in [5.74, 6) is 0. The van der Waals surface area contributed by atoms with Gasteiger partial charge in [-0.25, -0.2) is 0 Å². The molecule has 26 heavy (non-hydrogen) atoms. The molecule has 3 heteroatoms. The zero-order valence-corrected chi connectivity index (χ0v) is 15.7. The summed E-state index contributed by atoms with van der Waals surface area (Å²) in [5.41, 5.74) is 6.04. The topological polar surface area (TPSA) is 28.2 Å². The molecule has 0 amide bonds. The number of pyridine rings is 1. The van der Waals surface area contributed by atoms with Crippen molar-refractivity contribution in [2.45, 2.75) is 33.5 Å². The van der Waals surface area contributed by atoms with Gasteiger partial charge in [0.1, 0.15) is 0 Å². The molecule has 0 fully saturated rings. The summed E-state index contributed by atoms with van der Waals surface area (Å²) in [6.45, 7) is 7.79. The average molecular weight is 345 g/mol. The number of aryl methyl sites for hydroxylation is 1. The molecule has 3 nitrogen and oxygen atoms in total. The number of aromatic nitrogens is 1. The molecule has 0 bridgehead atoms. The number of nitrogens with one attached hydrogen (secondary N) is 1. The predicted molar refractivity (Wildman–Crippen MR) is 109 cm³/mol. The monoisotopic (exact) mass is 345 g/mol. The highest BCUT2D eigenvalue weighted by atomic mass is 15.1. The molecule has 0 unspecified atom stereocenters. The Morgan fingerprint density at radius 1 is 0.808 bits per heavy atom. The second kappa shape index (κ2) is 9.16. The first kappa shape index (κ1) is 18.2. The van der Waals surface area contributed by atoms with Crippen molar-refractivity contribution in [1.29, 1.82) is 0 Å². The van der Waals surface area contributed by atoms with Crippen LogP contribution in [0.3, 0.4) is 0 Å². The van der Waals surface area contributed by atoms with Crippen LogP contribution in [0.25, 0.3) is 0 Å². The first-order valence-electron chi connectivity index (χ1n) is 9.25. The van der Waals surface area contributed by atoms with Crippen molar-refractivity contribution in [3.63, 3.8) is 0 Å². The van der Waals surface area contributed by atoms with Gasteiger partial charge in [0.05, 0.1) is 5.69 Å². The summed E-state index contributed by atoms with van der Waals surface area (Å²) >= 11 is 0. The van der Waals surface area contributed by atoms with Gasteiger partial charge in [-0.3, -0.25) is 4.98 Å². The lowest BCUT2D eigenvalue weighted by atomic mass is 10.1. The van der Waals surface area contributed by atoms with E-state index in [1.165, 1.54) is 16.8 Å². The summed E-state index contributed by atoms with van der Waals surface area (Å²) in [5, 5.41) is 3.47. The highest BCUT2D eigenvalue weighted by Gasteiger charge is 2.05. The summed E-state index contributed by atoms with van der Waals surface area (Å²) in [4.78, 5) is 6.92. The molecule has 1 heterocycles. The van der Waals surface area contributed by atoms with Gasteiger partial charge in [0.15, 0.2) is 0 Å². The SMILES string of the molecule is CCN(Cc1ccccc1)c1ccc(CNCc2cccc(C)n2)cc1. The van der Waals surface area contributed by atoms with E-state index in [4.69, 9.17) is 0 Å². The molecule has 0 spiro atoms. The Bertz CT molecular complexity index is 797. The van der Waals surface area contributed by atoms with Gasteiger partial charge < -0.3 is 10.2 Å². The van der Waals surface area contributed by atoms with Crippen LogP contribution >= 0.6 is 0 Å². The van der Waals surface area contributed by atoms with E-state index in [1.54, 1.807) is 0 Å². The third kappa shape index (κ3) is 5.17. The second-order valence-corrected chi connectivity index (χ2v) is 6.54. The third-order valence-corrected chi connectivity index (χ3v) is 4.48. The Morgan fingerprint density at radius 3 is 2.27 bits per heavy atom. The van der Waals surface area contributed by atoms with Gasteiger partial charge in [-0.2, -0.15) is 0 Å². The van der Waals surface area contributed by atoms with Crippen molar-refractivity contribution < 1.29 is 0 Å². The minimum absolute atomic E-state index is 0.790. The normalized spacial score (nSPS) is 10.7. The molecule has 0 aliphatic carbocycles. The fourth-order valence-electron chi connectivity index (χ4n) is 3.05. The van der Waals surface area contributed by atoms with E-state index >= 15 is 0 Å². The van der Waals surface area contributed by atoms with Gasteiger partial charge in [0, 0.05) is 37.6 Å². The van der Waals surface area contributed by atoms with Gasteiger partial charge >= 0.3 is 0 Å². The van der Waals surface area contributed by atoms with Crippen molar-refractivity contribution in [3.05, 3.63) is 95.3 Å². The third-order valence-electron chi connectivity index (χ3n) is 4.48. The molecule has 0 saturated carbocycles. The first-order chi connectivity index (χ1) is 12.7. The molecular formula is C23H27N3. The van der Waals surface area contributed by atoms with Gasteiger partial charge in [0.25, 0.3) is 0 Å². The molecule has 0 atom stereocenters. The standard InChI is InChI=1S/C23H27N3/c1-3-26(18-21-9-5-4-6-10-21)23-14-12-20(13-15-23)16-24-17-22-11-7-8-19(2)25-22/h4-15,24H,3,16-18H2,1-2H3. The van der Waals surface area contributed by atoms with Crippen molar-refractivity contribution in [3.8, 4) is 0 Å². The Labute approximate surface area is 156 Å². The zero-order chi connectivity index (χ0) is 18.2. The highest BCUT2D eigenvalue weighted by molar-refractivity contribution is 5.48. The number of anilines is 1. The molecular weight excluding hydrogens is 318 g/mol. The Morgan fingerprint density at radius 2 is 1.58 bits per heavy atom. The quantitative estimate of drug-likeness (QED) is 0.641. The van der Waals surface area contributed by atoms with Crippen LogP contribution in [-0.4, -0.2) is 11.5 Å². The van der Waals surface area contributed by atoms with Crippen LogP contribution in [0.5, 0.6) is 0 Å². The fraction of sp³-hybridized carbons (Fsp3) is 0.261. The van der Waals surface area contributed by atoms with Crippen LogP contribution < -0.4 is 10.2 Å². The maximum absolute atomic E-state index is 4.52. The van der Waals surface area contributed by atoms with E-state index in [-0.39, 0.29) is 0 Å².